The molecule has 0 heterocycles. The molecule has 4 aliphatic rings. The number of alkyl halides is 3. The van der Waals surface area contributed by atoms with Crippen molar-refractivity contribution in [3.63, 3.8) is 0 Å². The summed E-state index contributed by atoms with van der Waals surface area (Å²) >= 11 is 0. The van der Waals surface area contributed by atoms with E-state index in [2.05, 4.69) is 13.8 Å². The van der Waals surface area contributed by atoms with Gasteiger partial charge in [0.15, 0.2) is 12.5 Å². The first-order chi connectivity index (χ1) is 16.4. The normalized spacial score (nSPS) is 47.3. The van der Waals surface area contributed by atoms with Crippen molar-refractivity contribution in [3.05, 3.63) is 0 Å². The van der Waals surface area contributed by atoms with E-state index in [9.17, 15) is 9.50 Å². The molecule has 0 spiro atoms. The van der Waals surface area contributed by atoms with Crippen LogP contribution in [-0.2, 0) is 4.74 Å². The summed E-state index contributed by atoms with van der Waals surface area (Å²) < 4.78 is 50.6. The SMILES string of the molecule is CCCC1CCC(C2CCC(OC(O)C3CCC(C4CCC(C)CC4F)CC3)C(F)C2F)CC1. The van der Waals surface area contributed by atoms with E-state index in [1.165, 1.54) is 12.8 Å². The zero-order valence-corrected chi connectivity index (χ0v) is 21.5. The molecular weight excluding hydrogens is 437 g/mol. The van der Waals surface area contributed by atoms with Crippen LogP contribution in [0.3, 0.4) is 0 Å². The summed E-state index contributed by atoms with van der Waals surface area (Å²) in [5.74, 6) is 1.85. The molecule has 0 aromatic heterocycles. The van der Waals surface area contributed by atoms with Crippen molar-refractivity contribution in [3.8, 4) is 0 Å². The van der Waals surface area contributed by atoms with Gasteiger partial charge in [-0.3, -0.25) is 0 Å². The molecule has 0 aromatic carbocycles. The summed E-state index contributed by atoms with van der Waals surface area (Å²) in [6.07, 6.45) is 8.44. The summed E-state index contributed by atoms with van der Waals surface area (Å²) in [7, 11) is 0. The highest BCUT2D eigenvalue weighted by atomic mass is 19.2. The van der Waals surface area contributed by atoms with Gasteiger partial charge < -0.3 is 9.84 Å². The molecule has 8 unspecified atom stereocenters. The third kappa shape index (κ3) is 6.33. The highest BCUT2D eigenvalue weighted by molar-refractivity contribution is 4.94. The molecule has 8 atom stereocenters. The quantitative estimate of drug-likeness (QED) is 0.370. The Morgan fingerprint density at radius 1 is 0.765 bits per heavy atom. The Morgan fingerprint density at radius 2 is 1.38 bits per heavy atom. The second-order valence-electron chi connectivity index (χ2n) is 12.5. The van der Waals surface area contributed by atoms with Crippen molar-refractivity contribution in [1.82, 2.24) is 0 Å². The molecule has 198 valence electrons. The standard InChI is InChI=1S/C29H49F3O2/c1-3-4-19-6-8-21(9-7-19)24-15-16-26(28(32)27(24)31)34-29(33)22-12-10-20(11-13-22)23-14-5-18(2)17-25(23)30/h18-29,33H,3-17H2,1-2H3. The van der Waals surface area contributed by atoms with E-state index < -0.39 is 30.9 Å². The molecule has 4 saturated carbocycles. The second kappa shape index (κ2) is 12.3. The molecule has 4 aliphatic carbocycles. The topological polar surface area (TPSA) is 29.5 Å². The molecule has 0 saturated heterocycles. The van der Waals surface area contributed by atoms with Gasteiger partial charge in [0.25, 0.3) is 0 Å². The highest BCUT2D eigenvalue weighted by Gasteiger charge is 2.46. The lowest BCUT2D eigenvalue weighted by molar-refractivity contribution is -0.206. The predicted molar refractivity (Wildman–Crippen MR) is 131 cm³/mol. The van der Waals surface area contributed by atoms with Gasteiger partial charge in [-0.2, -0.15) is 0 Å². The lowest BCUT2D eigenvalue weighted by Gasteiger charge is -2.43. The Hall–Kier alpha value is -0.290. The fourth-order valence-electron chi connectivity index (χ4n) is 8.08. The van der Waals surface area contributed by atoms with E-state index >= 15 is 8.78 Å². The number of aliphatic hydroxyl groups excluding tert-OH is 1. The minimum atomic E-state index is -1.64. The Labute approximate surface area is 205 Å². The maximum Gasteiger partial charge on any atom is 0.157 e. The molecule has 1 N–H and O–H groups in total. The second-order valence-corrected chi connectivity index (χ2v) is 12.5. The van der Waals surface area contributed by atoms with E-state index in [1.54, 1.807) is 0 Å². The van der Waals surface area contributed by atoms with Gasteiger partial charge in [0.05, 0.1) is 6.10 Å². The molecule has 5 heteroatoms. The van der Waals surface area contributed by atoms with E-state index in [4.69, 9.17) is 4.74 Å². The fraction of sp³-hybridized carbons (Fsp3) is 1.00. The van der Waals surface area contributed by atoms with Crippen LogP contribution in [0, 0.1) is 41.4 Å². The molecule has 0 amide bonds. The van der Waals surface area contributed by atoms with Crippen LogP contribution in [0.5, 0.6) is 0 Å². The van der Waals surface area contributed by atoms with Crippen molar-refractivity contribution in [2.75, 3.05) is 0 Å². The van der Waals surface area contributed by atoms with Gasteiger partial charge in [-0.1, -0.05) is 46.0 Å². The molecule has 0 bridgehead atoms. The van der Waals surface area contributed by atoms with Gasteiger partial charge in [-0.25, -0.2) is 13.2 Å². The average Bonchev–Trinajstić information content (AvgIpc) is 2.83. The summed E-state index contributed by atoms with van der Waals surface area (Å²) in [6.45, 7) is 4.36. The maximum atomic E-state index is 15.2. The monoisotopic (exact) mass is 486 g/mol. The van der Waals surface area contributed by atoms with Crippen LogP contribution < -0.4 is 0 Å². The Morgan fingerprint density at radius 3 is 2.03 bits per heavy atom. The molecule has 4 rings (SSSR count). The average molecular weight is 487 g/mol. The first-order valence-electron chi connectivity index (χ1n) is 14.6. The first-order valence-corrected chi connectivity index (χ1v) is 14.6. The molecular formula is C29H49F3O2. The summed E-state index contributed by atoms with van der Waals surface area (Å²) in [6, 6.07) is 0. The van der Waals surface area contributed by atoms with Crippen molar-refractivity contribution >= 4 is 0 Å². The number of aliphatic hydroxyl groups is 1. The minimum absolute atomic E-state index is 0.0475. The van der Waals surface area contributed by atoms with Crippen molar-refractivity contribution in [1.29, 1.82) is 0 Å². The van der Waals surface area contributed by atoms with Crippen LogP contribution >= 0.6 is 0 Å². The maximum absolute atomic E-state index is 15.2. The van der Waals surface area contributed by atoms with Crippen LogP contribution in [-0.4, -0.2) is 36.0 Å². The number of hydrogen-bond donors (Lipinski definition) is 1. The number of rotatable bonds is 7. The lowest BCUT2D eigenvalue weighted by Crippen LogP contribution is -2.48. The van der Waals surface area contributed by atoms with E-state index in [0.29, 0.717) is 37.0 Å². The largest absolute Gasteiger partial charge is 0.368 e. The first kappa shape index (κ1) is 26.8. The van der Waals surface area contributed by atoms with Gasteiger partial charge in [0.2, 0.25) is 0 Å². The van der Waals surface area contributed by atoms with Crippen molar-refractivity contribution in [2.24, 2.45) is 41.4 Å². The summed E-state index contributed by atoms with van der Waals surface area (Å²) in [5, 5.41) is 10.7. The minimum Gasteiger partial charge on any atom is -0.368 e. The van der Waals surface area contributed by atoms with Crippen LogP contribution in [0.2, 0.25) is 0 Å². The number of halogens is 3. The third-order valence-electron chi connectivity index (χ3n) is 10.3. The van der Waals surface area contributed by atoms with Gasteiger partial charge >= 0.3 is 0 Å². The molecule has 0 aliphatic heterocycles. The Kier molecular flexibility index (Phi) is 9.68. The molecule has 2 nitrogen and oxygen atoms in total. The van der Waals surface area contributed by atoms with Gasteiger partial charge in [0, 0.05) is 5.92 Å². The zero-order chi connectivity index (χ0) is 24.2. The van der Waals surface area contributed by atoms with Gasteiger partial charge in [-0.05, 0) is 99.7 Å². The lowest BCUT2D eigenvalue weighted by atomic mass is 9.68. The van der Waals surface area contributed by atoms with Crippen LogP contribution in [0.4, 0.5) is 13.2 Å². The smallest absolute Gasteiger partial charge is 0.157 e. The van der Waals surface area contributed by atoms with Crippen LogP contribution in [0.1, 0.15) is 110 Å². The van der Waals surface area contributed by atoms with Crippen molar-refractivity contribution < 1.29 is 23.0 Å². The fourth-order valence-corrected chi connectivity index (χ4v) is 8.08. The highest BCUT2D eigenvalue weighted by Crippen LogP contribution is 2.46. The molecule has 0 radical (unpaired) electrons. The van der Waals surface area contributed by atoms with Gasteiger partial charge in [-0.15, -0.1) is 0 Å². The predicted octanol–water partition coefficient (Wildman–Crippen LogP) is 7.96. The van der Waals surface area contributed by atoms with Crippen LogP contribution in [0.25, 0.3) is 0 Å². The van der Waals surface area contributed by atoms with E-state index in [1.807, 2.05) is 0 Å². The van der Waals surface area contributed by atoms with E-state index in [0.717, 1.165) is 70.1 Å². The van der Waals surface area contributed by atoms with Crippen molar-refractivity contribution in [2.45, 2.75) is 141 Å². The molecule has 0 aromatic rings. The zero-order valence-electron chi connectivity index (χ0n) is 21.5. The third-order valence-corrected chi connectivity index (χ3v) is 10.3. The van der Waals surface area contributed by atoms with E-state index in [-0.39, 0.29) is 17.8 Å². The Balaban J connectivity index is 1.21. The molecule has 34 heavy (non-hydrogen) atoms. The Bertz CT molecular complexity index is 602. The number of ether oxygens (including phenoxy) is 1. The summed E-state index contributed by atoms with van der Waals surface area (Å²) in [4.78, 5) is 0. The molecule has 4 fully saturated rings. The summed E-state index contributed by atoms with van der Waals surface area (Å²) in [5.41, 5.74) is 0. The number of hydrogen-bond acceptors (Lipinski definition) is 2. The van der Waals surface area contributed by atoms with Gasteiger partial charge in [0.1, 0.15) is 12.3 Å². The van der Waals surface area contributed by atoms with Crippen LogP contribution in [0.15, 0.2) is 0 Å².